The first-order valence-electron chi connectivity index (χ1n) is 8.09. The zero-order chi connectivity index (χ0) is 18.1. The zero-order valence-electron chi connectivity index (χ0n) is 14.9. The highest BCUT2D eigenvalue weighted by Gasteiger charge is 2.47. The Kier molecular flexibility index (Phi) is 4.96. The SMILES string of the molecule is CC(C)CC1(C)NC(=O)N(Cc2cccc(C(=O)N(C)C)c2)C1=O. The normalized spacial score (nSPS) is 20.5. The number of nitrogens with one attached hydrogen (secondary N) is 1. The third-order valence-corrected chi connectivity index (χ3v) is 4.08. The monoisotopic (exact) mass is 331 g/mol. The third-order valence-electron chi connectivity index (χ3n) is 4.08. The molecular weight excluding hydrogens is 306 g/mol. The predicted molar refractivity (Wildman–Crippen MR) is 91.4 cm³/mol. The maximum atomic E-state index is 12.7. The molecular formula is C18H25N3O3. The number of rotatable bonds is 5. The van der Waals surface area contributed by atoms with E-state index in [2.05, 4.69) is 5.32 Å². The van der Waals surface area contributed by atoms with Crippen LogP contribution in [0.1, 0.15) is 43.1 Å². The highest BCUT2D eigenvalue weighted by molar-refractivity contribution is 6.06. The van der Waals surface area contributed by atoms with Gasteiger partial charge >= 0.3 is 6.03 Å². The van der Waals surface area contributed by atoms with Crippen molar-refractivity contribution in [3.05, 3.63) is 35.4 Å². The molecule has 0 saturated carbocycles. The fourth-order valence-corrected chi connectivity index (χ4v) is 3.09. The largest absolute Gasteiger partial charge is 0.345 e. The number of nitrogens with zero attached hydrogens (tertiary/aromatic N) is 2. The van der Waals surface area contributed by atoms with Crippen LogP contribution in [0, 0.1) is 5.92 Å². The Morgan fingerprint density at radius 2 is 1.96 bits per heavy atom. The van der Waals surface area contributed by atoms with Gasteiger partial charge in [0.2, 0.25) is 0 Å². The lowest BCUT2D eigenvalue weighted by molar-refractivity contribution is -0.131. The van der Waals surface area contributed by atoms with Crippen LogP contribution in [-0.2, 0) is 11.3 Å². The number of carbonyl (C=O) groups excluding carboxylic acids is 3. The van der Waals surface area contributed by atoms with Crippen LogP contribution in [0.25, 0.3) is 0 Å². The number of benzene rings is 1. The second-order valence-electron chi connectivity index (χ2n) is 7.15. The fraction of sp³-hybridized carbons (Fsp3) is 0.500. The first-order chi connectivity index (χ1) is 11.1. The number of carbonyl (C=O) groups is 3. The van der Waals surface area contributed by atoms with Gasteiger partial charge in [-0.2, -0.15) is 0 Å². The van der Waals surface area contributed by atoms with Gasteiger partial charge in [-0.25, -0.2) is 4.79 Å². The predicted octanol–water partition coefficient (Wildman–Crippen LogP) is 2.25. The van der Waals surface area contributed by atoms with Gasteiger partial charge in [0, 0.05) is 19.7 Å². The third kappa shape index (κ3) is 3.58. The van der Waals surface area contributed by atoms with Crippen LogP contribution < -0.4 is 5.32 Å². The molecule has 1 aromatic rings. The van der Waals surface area contributed by atoms with Gasteiger partial charge in [0.05, 0.1) is 6.54 Å². The zero-order valence-corrected chi connectivity index (χ0v) is 14.9. The summed E-state index contributed by atoms with van der Waals surface area (Å²) in [7, 11) is 3.37. The van der Waals surface area contributed by atoms with Crippen LogP contribution in [0.2, 0.25) is 0 Å². The Balaban J connectivity index is 2.19. The van der Waals surface area contributed by atoms with E-state index >= 15 is 0 Å². The topological polar surface area (TPSA) is 69.7 Å². The lowest BCUT2D eigenvalue weighted by Gasteiger charge is -2.23. The number of imide groups is 1. The molecule has 0 bridgehead atoms. The Hall–Kier alpha value is -2.37. The maximum Gasteiger partial charge on any atom is 0.325 e. The molecule has 0 aromatic heterocycles. The number of hydrogen-bond acceptors (Lipinski definition) is 3. The molecule has 1 aliphatic heterocycles. The van der Waals surface area contributed by atoms with Crippen LogP contribution in [0.4, 0.5) is 4.79 Å². The van der Waals surface area contributed by atoms with Gasteiger partial charge in [-0.1, -0.05) is 26.0 Å². The minimum atomic E-state index is -0.859. The van der Waals surface area contributed by atoms with E-state index in [1.165, 1.54) is 9.80 Å². The Morgan fingerprint density at radius 1 is 1.29 bits per heavy atom. The summed E-state index contributed by atoms with van der Waals surface area (Å²) in [5.41, 5.74) is 0.428. The van der Waals surface area contributed by atoms with Crippen LogP contribution in [0.15, 0.2) is 24.3 Å². The lowest BCUT2D eigenvalue weighted by atomic mass is 9.91. The summed E-state index contributed by atoms with van der Waals surface area (Å²) >= 11 is 0. The van der Waals surface area contributed by atoms with Crippen LogP contribution in [0.5, 0.6) is 0 Å². The highest BCUT2D eigenvalue weighted by atomic mass is 16.2. The van der Waals surface area contributed by atoms with Crippen molar-refractivity contribution >= 4 is 17.8 Å². The molecule has 130 valence electrons. The highest BCUT2D eigenvalue weighted by Crippen LogP contribution is 2.26. The summed E-state index contributed by atoms with van der Waals surface area (Å²) in [5.74, 6) is -0.0375. The molecule has 1 heterocycles. The smallest absolute Gasteiger partial charge is 0.325 e. The minimum Gasteiger partial charge on any atom is -0.345 e. The summed E-state index contributed by atoms with van der Waals surface area (Å²) in [4.78, 5) is 39.7. The summed E-state index contributed by atoms with van der Waals surface area (Å²) in [6.45, 7) is 5.96. The van der Waals surface area contributed by atoms with Crippen molar-refractivity contribution in [2.75, 3.05) is 14.1 Å². The van der Waals surface area contributed by atoms with Gasteiger partial charge in [0.1, 0.15) is 5.54 Å². The van der Waals surface area contributed by atoms with E-state index in [0.717, 1.165) is 5.56 Å². The van der Waals surface area contributed by atoms with E-state index in [0.29, 0.717) is 17.9 Å². The molecule has 1 unspecified atom stereocenters. The Bertz CT molecular complexity index is 669. The molecule has 1 aliphatic rings. The van der Waals surface area contributed by atoms with Crippen molar-refractivity contribution < 1.29 is 14.4 Å². The molecule has 6 nitrogen and oxygen atoms in total. The molecule has 1 aromatic carbocycles. The molecule has 2 rings (SSSR count). The standard InChI is InChI=1S/C18H25N3O3/c1-12(2)10-18(3)16(23)21(17(24)19-18)11-13-7-6-8-14(9-13)15(22)20(4)5/h6-9,12H,10-11H2,1-5H3,(H,19,24). The Morgan fingerprint density at radius 3 is 2.54 bits per heavy atom. The van der Waals surface area contributed by atoms with Gasteiger partial charge in [0.15, 0.2) is 0 Å². The number of hydrogen-bond donors (Lipinski definition) is 1. The summed E-state index contributed by atoms with van der Waals surface area (Å²) in [6, 6.07) is 6.64. The van der Waals surface area contributed by atoms with Gasteiger partial charge in [-0.3, -0.25) is 14.5 Å². The molecule has 1 atom stereocenters. The molecule has 0 aliphatic carbocycles. The van der Waals surface area contributed by atoms with Gasteiger partial charge in [-0.05, 0) is 37.0 Å². The van der Waals surface area contributed by atoms with Gasteiger partial charge in [0.25, 0.3) is 11.8 Å². The molecule has 6 heteroatoms. The first-order valence-corrected chi connectivity index (χ1v) is 8.09. The molecule has 1 saturated heterocycles. The van der Waals surface area contributed by atoms with Crippen LogP contribution >= 0.6 is 0 Å². The van der Waals surface area contributed by atoms with E-state index in [4.69, 9.17) is 0 Å². The van der Waals surface area contributed by atoms with E-state index in [9.17, 15) is 14.4 Å². The number of amides is 4. The van der Waals surface area contributed by atoms with Gasteiger partial charge < -0.3 is 10.2 Å². The minimum absolute atomic E-state index is 0.112. The van der Waals surface area contributed by atoms with Gasteiger partial charge in [-0.15, -0.1) is 0 Å². The summed E-state index contributed by atoms with van der Waals surface area (Å²) in [5, 5.41) is 2.80. The van der Waals surface area contributed by atoms with Crippen molar-refractivity contribution in [3.8, 4) is 0 Å². The van der Waals surface area contributed by atoms with E-state index in [-0.39, 0.29) is 24.4 Å². The van der Waals surface area contributed by atoms with E-state index < -0.39 is 5.54 Å². The van der Waals surface area contributed by atoms with Crippen molar-refractivity contribution in [1.82, 2.24) is 15.1 Å². The van der Waals surface area contributed by atoms with Crippen LogP contribution in [-0.4, -0.2) is 47.3 Å². The van der Waals surface area contributed by atoms with E-state index in [1.807, 2.05) is 19.9 Å². The average Bonchev–Trinajstić information content (AvgIpc) is 2.69. The summed E-state index contributed by atoms with van der Waals surface area (Å²) < 4.78 is 0. The average molecular weight is 331 g/mol. The second kappa shape index (κ2) is 6.63. The van der Waals surface area contributed by atoms with E-state index in [1.54, 1.807) is 39.2 Å². The quantitative estimate of drug-likeness (QED) is 0.841. The lowest BCUT2D eigenvalue weighted by Crippen LogP contribution is -2.44. The second-order valence-corrected chi connectivity index (χ2v) is 7.15. The molecule has 1 fully saturated rings. The van der Waals surface area contributed by atoms with Crippen molar-refractivity contribution in [3.63, 3.8) is 0 Å². The van der Waals surface area contributed by atoms with Crippen molar-refractivity contribution in [2.24, 2.45) is 5.92 Å². The van der Waals surface area contributed by atoms with Crippen molar-refractivity contribution in [1.29, 1.82) is 0 Å². The Labute approximate surface area is 142 Å². The maximum absolute atomic E-state index is 12.7. The molecule has 4 amide bonds. The van der Waals surface area contributed by atoms with Crippen molar-refractivity contribution in [2.45, 2.75) is 39.3 Å². The number of urea groups is 1. The van der Waals surface area contributed by atoms with Crippen LogP contribution in [0.3, 0.4) is 0 Å². The molecule has 1 N–H and O–H groups in total. The fourth-order valence-electron chi connectivity index (χ4n) is 3.09. The molecule has 0 radical (unpaired) electrons. The summed E-state index contributed by atoms with van der Waals surface area (Å²) in [6.07, 6.45) is 0.591. The first kappa shape index (κ1) is 18.0. The molecule has 0 spiro atoms. The molecule has 24 heavy (non-hydrogen) atoms.